The Bertz CT molecular complexity index is 1170. The van der Waals surface area contributed by atoms with Crippen molar-refractivity contribution in [2.24, 2.45) is 4.99 Å². The van der Waals surface area contributed by atoms with Gasteiger partial charge in [0, 0.05) is 11.8 Å². The van der Waals surface area contributed by atoms with E-state index >= 15 is 0 Å². The molecule has 30 heavy (non-hydrogen) atoms. The van der Waals surface area contributed by atoms with E-state index in [1.807, 2.05) is 25.1 Å². The monoisotopic (exact) mass is 414 g/mol. The molecule has 4 nitrogen and oxygen atoms in total. The van der Waals surface area contributed by atoms with Crippen molar-refractivity contribution in [3.63, 3.8) is 0 Å². The number of phenols is 1. The first-order valence-electron chi connectivity index (χ1n) is 9.77. The van der Waals surface area contributed by atoms with Crippen LogP contribution in [0.15, 0.2) is 77.8 Å². The fraction of sp³-hybridized carbons (Fsp3) is 0.120. The standard InChI is InChI=1S/C25H22N2O2S/c1-3-29-22-15-18(11-14-21(22)28)16-26-25-27-23(19-12-9-17(2)10-13-19)24(30-25)20-7-5-4-6-8-20/h4-16,28H,3H2,1-2H3. The molecule has 0 fully saturated rings. The lowest BCUT2D eigenvalue weighted by molar-refractivity contribution is 0.318. The van der Waals surface area contributed by atoms with Crippen LogP contribution < -0.4 is 4.74 Å². The number of rotatable bonds is 6. The average molecular weight is 415 g/mol. The van der Waals surface area contributed by atoms with Crippen LogP contribution in [0.4, 0.5) is 5.13 Å². The summed E-state index contributed by atoms with van der Waals surface area (Å²) in [5.74, 6) is 0.571. The van der Waals surface area contributed by atoms with Gasteiger partial charge in [0.2, 0.25) is 5.13 Å². The second kappa shape index (κ2) is 8.93. The summed E-state index contributed by atoms with van der Waals surface area (Å²) in [5.41, 5.74) is 5.17. The Kier molecular flexibility index (Phi) is 5.91. The molecule has 150 valence electrons. The Balaban J connectivity index is 1.72. The molecule has 0 aliphatic rings. The number of hydrogen-bond acceptors (Lipinski definition) is 5. The van der Waals surface area contributed by atoms with Gasteiger partial charge in [-0.25, -0.2) is 9.98 Å². The Labute approximate surface area is 180 Å². The van der Waals surface area contributed by atoms with Crippen LogP contribution in [0.1, 0.15) is 18.1 Å². The molecule has 0 bridgehead atoms. The third-order valence-electron chi connectivity index (χ3n) is 4.58. The van der Waals surface area contributed by atoms with Crippen molar-refractivity contribution in [2.45, 2.75) is 13.8 Å². The maximum atomic E-state index is 9.88. The molecule has 0 saturated carbocycles. The number of hydrogen-bond donors (Lipinski definition) is 1. The summed E-state index contributed by atoms with van der Waals surface area (Å²) in [6, 6.07) is 23.8. The van der Waals surface area contributed by atoms with Crippen molar-refractivity contribution in [1.82, 2.24) is 4.98 Å². The molecule has 3 aromatic carbocycles. The van der Waals surface area contributed by atoms with E-state index in [-0.39, 0.29) is 5.75 Å². The minimum Gasteiger partial charge on any atom is -0.504 e. The molecule has 5 heteroatoms. The normalized spacial score (nSPS) is 11.1. The van der Waals surface area contributed by atoms with Crippen LogP contribution in [0.5, 0.6) is 11.5 Å². The van der Waals surface area contributed by atoms with Crippen molar-refractivity contribution in [3.05, 3.63) is 83.9 Å². The number of thiazole rings is 1. The minimum atomic E-state index is 0.122. The fourth-order valence-corrected chi connectivity index (χ4v) is 4.01. The number of benzene rings is 3. The van der Waals surface area contributed by atoms with E-state index in [9.17, 15) is 5.11 Å². The van der Waals surface area contributed by atoms with Crippen molar-refractivity contribution in [2.75, 3.05) is 6.61 Å². The van der Waals surface area contributed by atoms with Crippen LogP contribution in [0.25, 0.3) is 21.7 Å². The van der Waals surface area contributed by atoms with Gasteiger partial charge in [0.15, 0.2) is 11.5 Å². The third-order valence-corrected chi connectivity index (χ3v) is 5.60. The lowest BCUT2D eigenvalue weighted by Gasteiger charge is -2.05. The van der Waals surface area contributed by atoms with Gasteiger partial charge in [0.05, 0.1) is 17.2 Å². The van der Waals surface area contributed by atoms with E-state index in [4.69, 9.17) is 9.72 Å². The molecule has 0 amide bonds. The molecule has 0 spiro atoms. The lowest BCUT2D eigenvalue weighted by Crippen LogP contribution is -1.93. The van der Waals surface area contributed by atoms with Crippen molar-refractivity contribution < 1.29 is 9.84 Å². The van der Waals surface area contributed by atoms with E-state index in [0.717, 1.165) is 27.3 Å². The number of aromatic hydroxyl groups is 1. The highest BCUT2D eigenvalue weighted by Gasteiger charge is 2.14. The predicted octanol–water partition coefficient (Wildman–Crippen LogP) is 6.64. The van der Waals surface area contributed by atoms with Crippen LogP contribution >= 0.6 is 11.3 Å². The quantitative estimate of drug-likeness (QED) is 0.360. The summed E-state index contributed by atoms with van der Waals surface area (Å²) in [6.45, 7) is 4.45. The Hall–Kier alpha value is -3.44. The van der Waals surface area contributed by atoms with Gasteiger partial charge >= 0.3 is 0 Å². The fourth-order valence-electron chi connectivity index (χ4n) is 3.07. The highest BCUT2D eigenvalue weighted by atomic mass is 32.1. The number of phenolic OH excluding ortho intramolecular Hbond substituents is 1. The summed E-state index contributed by atoms with van der Waals surface area (Å²) in [7, 11) is 0. The van der Waals surface area contributed by atoms with E-state index in [2.05, 4.69) is 48.3 Å². The maximum Gasteiger partial charge on any atom is 0.210 e. The topological polar surface area (TPSA) is 54.7 Å². The largest absolute Gasteiger partial charge is 0.504 e. The van der Waals surface area contributed by atoms with E-state index in [1.54, 1.807) is 35.8 Å². The third kappa shape index (κ3) is 4.42. The summed E-state index contributed by atoms with van der Waals surface area (Å²) in [4.78, 5) is 10.5. The zero-order chi connectivity index (χ0) is 20.9. The highest BCUT2D eigenvalue weighted by Crippen LogP contribution is 2.40. The molecule has 0 radical (unpaired) electrons. The van der Waals surface area contributed by atoms with Gasteiger partial charge in [0.1, 0.15) is 0 Å². The van der Waals surface area contributed by atoms with E-state index < -0.39 is 0 Å². The van der Waals surface area contributed by atoms with Gasteiger partial charge in [-0.15, -0.1) is 0 Å². The summed E-state index contributed by atoms with van der Waals surface area (Å²) in [5, 5.41) is 10.6. The van der Waals surface area contributed by atoms with Crippen LogP contribution in [0.3, 0.4) is 0 Å². The van der Waals surface area contributed by atoms with Gasteiger partial charge in [0.25, 0.3) is 0 Å². The highest BCUT2D eigenvalue weighted by molar-refractivity contribution is 7.19. The zero-order valence-corrected chi connectivity index (χ0v) is 17.7. The van der Waals surface area contributed by atoms with Crippen LogP contribution in [0.2, 0.25) is 0 Å². The minimum absolute atomic E-state index is 0.122. The molecule has 0 atom stereocenters. The molecular weight excluding hydrogens is 392 g/mol. The number of nitrogens with zero attached hydrogens (tertiary/aromatic N) is 2. The number of aromatic nitrogens is 1. The summed E-state index contributed by atoms with van der Waals surface area (Å²) >= 11 is 1.56. The first-order chi connectivity index (χ1) is 14.6. The molecule has 0 aliphatic heterocycles. The molecule has 1 aromatic heterocycles. The van der Waals surface area contributed by atoms with Gasteiger partial charge in [-0.3, -0.25) is 0 Å². The van der Waals surface area contributed by atoms with Gasteiger partial charge in [-0.1, -0.05) is 71.5 Å². The van der Waals surface area contributed by atoms with Gasteiger partial charge < -0.3 is 9.84 Å². The molecule has 1 N–H and O–H groups in total. The molecular formula is C25H22N2O2S. The molecule has 0 unspecified atom stereocenters. The first-order valence-corrected chi connectivity index (χ1v) is 10.6. The van der Waals surface area contributed by atoms with Crippen molar-refractivity contribution in [3.8, 4) is 33.2 Å². The summed E-state index contributed by atoms with van der Waals surface area (Å²) < 4.78 is 5.45. The average Bonchev–Trinajstić information content (AvgIpc) is 3.20. The number of aryl methyl sites for hydroxylation is 1. The smallest absolute Gasteiger partial charge is 0.210 e. The SMILES string of the molecule is CCOc1cc(C=Nc2nc(-c3ccc(C)cc3)c(-c3ccccc3)s2)ccc1O. The van der Waals surface area contributed by atoms with Gasteiger partial charge in [-0.05, 0) is 43.2 Å². The predicted molar refractivity (Wildman–Crippen MR) is 124 cm³/mol. The molecule has 4 rings (SSSR count). The second-order valence-electron chi connectivity index (χ2n) is 6.82. The molecule has 4 aromatic rings. The second-order valence-corrected chi connectivity index (χ2v) is 7.80. The first kappa shape index (κ1) is 19.9. The lowest BCUT2D eigenvalue weighted by atomic mass is 10.1. The Morgan fingerprint density at radius 1 is 1.00 bits per heavy atom. The number of aliphatic imine (C=N–C) groups is 1. The Morgan fingerprint density at radius 2 is 1.77 bits per heavy atom. The summed E-state index contributed by atoms with van der Waals surface area (Å²) in [6.07, 6.45) is 1.74. The van der Waals surface area contributed by atoms with E-state index in [0.29, 0.717) is 17.5 Å². The molecule has 0 aliphatic carbocycles. The molecule has 0 saturated heterocycles. The van der Waals surface area contributed by atoms with E-state index in [1.165, 1.54) is 5.56 Å². The molecule has 1 heterocycles. The number of ether oxygens (including phenoxy) is 1. The van der Waals surface area contributed by atoms with Crippen LogP contribution in [0, 0.1) is 6.92 Å². The van der Waals surface area contributed by atoms with Crippen LogP contribution in [-0.4, -0.2) is 22.9 Å². The Morgan fingerprint density at radius 3 is 2.50 bits per heavy atom. The van der Waals surface area contributed by atoms with Crippen molar-refractivity contribution in [1.29, 1.82) is 0 Å². The van der Waals surface area contributed by atoms with Crippen LogP contribution in [-0.2, 0) is 0 Å². The zero-order valence-electron chi connectivity index (χ0n) is 16.9. The maximum absolute atomic E-state index is 9.88. The van der Waals surface area contributed by atoms with Crippen molar-refractivity contribution >= 4 is 22.7 Å². The van der Waals surface area contributed by atoms with Gasteiger partial charge in [-0.2, -0.15) is 0 Å².